The SMILES string of the molecule is CC(C)(N=NC(C)(C)C(N)=NCCO)C(N)=NCCO. The second-order valence-corrected chi connectivity index (χ2v) is 5.30. The van der Waals surface area contributed by atoms with Crippen molar-refractivity contribution in [2.24, 2.45) is 31.7 Å². The average molecular weight is 286 g/mol. The molecular formula is C12H26N6O2. The van der Waals surface area contributed by atoms with Crippen LogP contribution in [0.4, 0.5) is 0 Å². The van der Waals surface area contributed by atoms with Crippen molar-refractivity contribution >= 4 is 11.7 Å². The molecule has 0 aromatic carbocycles. The van der Waals surface area contributed by atoms with Crippen LogP contribution >= 0.6 is 0 Å². The molecule has 0 bridgehead atoms. The fraction of sp³-hybridized carbons (Fsp3) is 0.833. The van der Waals surface area contributed by atoms with Gasteiger partial charge in [0.15, 0.2) is 0 Å². The van der Waals surface area contributed by atoms with Crippen molar-refractivity contribution in [2.75, 3.05) is 26.3 Å². The monoisotopic (exact) mass is 286 g/mol. The van der Waals surface area contributed by atoms with Gasteiger partial charge in [-0.05, 0) is 27.7 Å². The second-order valence-electron chi connectivity index (χ2n) is 5.30. The van der Waals surface area contributed by atoms with Crippen LogP contribution in [0.15, 0.2) is 20.2 Å². The number of hydrogen-bond acceptors (Lipinski definition) is 6. The molecule has 0 aromatic heterocycles. The maximum Gasteiger partial charge on any atom is 0.132 e. The van der Waals surface area contributed by atoms with E-state index < -0.39 is 11.1 Å². The van der Waals surface area contributed by atoms with Gasteiger partial charge in [0, 0.05) is 0 Å². The molecule has 0 saturated heterocycles. The van der Waals surface area contributed by atoms with Gasteiger partial charge in [0.2, 0.25) is 0 Å². The first-order valence-electron chi connectivity index (χ1n) is 6.44. The summed E-state index contributed by atoms with van der Waals surface area (Å²) in [6.07, 6.45) is 0. The quantitative estimate of drug-likeness (QED) is 0.276. The zero-order valence-corrected chi connectivity index (χ0v) is 12.7. The molecule has 8 heteroatoms. The van der Waals surface area contributed by atoms with E-state index in [1.807, 2.05) is 0 Å². The van der Waals surface area contributed by atoms with Crippen molar-refractivity contribution in [1.29, 1.82) is 0 Å². The van der Waals surface area contributed by atoms with Crippen LogP contribution < -0.4 is 11.5 Å². The van der Waals surface area contributed by atoms with Crippen LogP contribution in [0.5, 0.6) is 0 Å². The molecule has 0 aliphatic carbocycles. The van der Waals surface area contributed by atoms with E-state index in [2.05, 4.69) is 20.2 Å². The van der Waals surface area contributed by atoms with Crippen LogP contribution in [0, 0.1) is 0 Å². The van der Waals surface area contributed by atoms with Crippen molar-refractivity contribution in [2.45, 2.75) is 38.8 Å². The predicted octanol–water partition coefficient (Wildman–Crippen LogP) is -0.305. The first kappa shape index (κ1) is 18.5. The minimum absolute atomic E-state index is 0.0693. The van der Waals surface area contributed by atoms with Gasteiger partial charge >= 0.3 is 0 Å². The topological polar surface area (TPSA) is 142 Å². The molecule has 0 rings (SSSR count). The van der Waals surface area contributed by atoms with Crippen molar-refractivity contribution in [1.82, 2.24) is 0 Å². The summed E-state index contributed by atoms with van der Waals surface area (Å²) in [5.74, 6) is 0.578. The van der Waals surface area contributed by atoms with Crippen molar-refractivity contribution in [3.8, 4) is 0 Å². The van der Waals surface area contributed by atoms with Crippen LogP contribution in [0.25, 0.3) is 0 Å². The summed E-state index contributed by atoms with van der Waals surface area (Å²) in [5.41, 5.74) is 10.1. The van der Waals surface area contributed by atoms with Gasteiger partial charge in [0.1, 0.15) is 22.7 Å². The van der Waals surface area contributed by atoms with Crippen LogP contribution in [0.3, 0.4) is 0 Å². The number of nitrogens with zero attached hydrogens (tertiary/aromatic N) is 4. The molecule has 0 spiro atoms. The van der Waals surface area contributed by atoms with Gasteiger partial charge in [-0.15, -0.1) is 0 Å². The summed E-state index contributed by atoms with van der Waals surface area (Å²) in [5, 5.41) is 25.8. The maximum atomic E-state index is 8.73. The van der Waals surface area contributed by atoms with E-state index in [0.29, 0.717) is 0 Å². The molecule has 0 radical (unpaired) electrons. The lowest BCUT2D eigenvalue weighted by molar-refractivity contribution is 0.306. The molecular weight excluding hydrogens is 260 g/mol. The summed E-state index contributed by atoms with van der Waals surface area (Å²) in [6.45, 7) is 7.39. The molecule has 0 unspecified atom stereocenters. The number of nitrogens with two attached hydrogens (primary N) is 2. The molecule has 0 amide bonds. The standard InChI is InChI=1S/C12H26N6O2/c1-11(2,9(13)15-5-7-19)17-18-12(3,4)10(14)16-6-8-20/h19-20H,5-8H2,1-4H3,(H2,13,15)(H2,14,16). The van der Waals surface area contributed by atoms with Crippen LogP contribution in [0.1, 0.15) is 27.7 Å². The number of azo groups is 1. The smallest absolute Gasteiger partial charge is 0.132 e. The van der Waals surface area contributed by atoms with E-state index in [4.69, 9.17) is 21.7 Å². The Morgan fingerprint density at radius 2 is 1.10 bits per heavy atom. The molecule has 0 fully saturated rings. The Morgan fingerprint density at radius 3 is 1.35 bits per heavy atom. The van der Waals surface area contributed by atoms with Gasteiger partial charge in [-0.2, -0.15) is 10.2 Å². The Morgan fingerprint density at radius 1 is 0.800 bits per heavy atom. The molecule has 0 aliphatic rings. The maximum absolute atomic E-state index is 8.73. The number of hydrogen-bond donors (Lipinski definition) is 4. The summed E-state index contributed by atoms with van der Waals surface area (Å²) < 4.78 is 0. The molecule has 0 aromatic rings. The lowest BCUT2D eigenvalue weighted by Crippen LogP contribution is -2.40. The van der Waals surface area contributed by atoms with E-state index in [1.54, 1.807) is 27.7 Å². The number of aliphatic hydroxyl groups excluding tert-OH is 2. The summed E-state index contributed by atoms with van der Waals surface area (Å²) >= 11 is 0. The zero-order chi connectivity index (χ0) is 15.8. The average Bonchev–Trinajstić information content (AvgIpc) is 2.39. The number of rotatable bonds is 8. The van der Waals surface area contributed by atoms with E-state index >= 15 is 0 Å². The number of aliphatic hydroxyl groups is 2. The highest BCUT2D eigenvalue weighted by molar-refractivity contribution is 5.90. The van der Waals surface area contributed by atoms with Crippen LogP contribution in [0.2, 0.25) is 0 Å². The summed E-state index contributed by atoms with van der Waals surface area (Å²) in [7, 11) is 0. The zero-order valence-electron chi connectivity index (χ0n) is 12.7. The summed E-state index contributed by atoms with van der Waals surface area (Å²) in [4.78, 5) is 8.01. The van der Waals surface area contributed by atoms with Gasteiger partial charge < -0.3 is 21.7 Å². The second kappa shape index (κ2) is 7.91. The molecule has 0 heterocycles. The van der Waals surface area contributed by atoms with Gasteiger partial charge in [-0.3, -0.25) is 9.98 Å². The van der Waals surface area contributed by atoms with Gasteiger partial charge in [-0.25, -0.2) is 0 Å². The minimum Gasteiger partial charge on any atom is -0.394 e. The largest absolute Gasteiger partial charge is 0.394 e. The first-order chi connectivity index (χ1) is 9.17. The molecule has 0 saturated carbocycles. The Hall–Kier alpha value is -1.54. The molecule has 8 nitrogen and oxygen atoms in total. The summed E-state index contributed by atoms with van der Waals surface area (Å²) in [6, 6.07) is 0. The van der Waals surface area contributed by atoms with Gasteiger partial charge in [0.25, 0.3) is 0 Å². The predicted molar refractivity (Wildman–Crippen MR) is 80.2 cm³/mol. The molecule has 20 heavy (non-hydrogen) atoms. The fourth-order valence-electron chi connectivity index (χ4n) is 1.08. The third-order valence-corrected chi connectivity index (χ3v) is 2.57. The lowest BCUT2D eigenvalue weighted by Gasteiger charge is -2.22. The Bertz CT molecular complexity index is 351. The van der Waals surface area contributed by atoms with E-state index in [9.17, 15) is 0 Å². The highest BCUT2D eigenvalue weighted by Crippen LogP contribution is 2.16. The Labute approximate surface area is 119 Å². The minimum atomic E-state index is -0.788. The van der Waals surface area contributed by atoms with Crippen molar-refractivity contribution in [3.05, 3.63) is 0 Å². The normalized spacial score (nSPS) is 15.1. The highest BCUT2D eigenvalue weighted by atomic mass is 16.3. The number of aliphatic imine (C=N–C) groups is 2. The van der Waals surface area contributed by atoms with Crippen LogP contribution in [-0.2, 0) is 0 Å². The number of amidine groups is 2. The molecule has 0 aliphatic heterocycles. The van der Waals surface area contributed by atoms with E-state index in [0.717, 1.165) is 0 Å². The molecule has 116 valence electrons. The van der Waals surface area contributed by atoms with Crippen molar-refractivity contribution < 1.29 is 10.2 Å². The van der Waals surface area contributed by atoms with Crippen molar-refractivity contribution in [3.63, 3.8) is 0 Å². The lowest BCUT2D eigenvalue weighted by atomic mass is 10.0. The highest BCUT2D eigenvalue weighted by Gasteiger charge is 2.27. The third kappa shape index (κ3) is 6.07. The van der Waals surface area contributed by atoms with Gasteiger partial charge in [0.05, 0.1) is 26.3 Å². The van der Waals surface area contributed by atoms with E-state index in [1.165, 1.54) is 0 Å². The Balaban J connectivity index is 4.99. The molecule has 6 N–H and O–H groups in total. The third-order valence-electron chi connectivity index (χ3n) is 2.57. The van der Waals surface area contributed by atoms with Gasteiger partial charge in [-0.1, -0.05) is 0 Å². The fourth-order valence-corrected chi connectivity index (χ4v) is 1.08. The van der Waals surface area contributed by atoms with E-state index in [-0.39, 0.29) is 38.0 Å². The Kier molecular flexibility index (Phi) is 7.30. The first-order valence-corrected chi connectivity index (χ1v) is 6.44. The molecule has 0 atom stereocenters. The van der Waals surface area contributed by atoms with Crippen LogP contribution in [-0.4, -0.2) is 59.3 Å².